The highest BCUT2D eigenvalue weighted by Crippen LogP contribution is 2.38. The van der Waals surface area contributed by atoms with Crippen LogP contribution in [0.2, 0.25) is 0 Å². The molecule has 0 N–H and O–H groups in total. The molecule has 0 saturated heterocycles. The molecule has 2 unspecified atom stereocenters. The third kappa shape index (κ3) is 4.50. The molecule has 0 aliphatic carbocycles. The number of azo groups is 1. The van der Waals surface area contributed by atoms with Crippen LogP contribution >= 0.6 is 11.6 Å². The second kappa shape index (κ2) is 4.40. The summed E-state index contributed by atoms with van der Waals surface area (Å²) in [5.74, 6) is 0. The Morgan fingerprint density at radius 2 is 1.33 bits per heavy atom. The van der Waals surface area contributed by atoms with Gasteiger partial charge in [0.2, 0.25) is 0 Å². The highest BCUT2D eigenvalue weighted by Gasteiger charge is 2.36. The number of halogens is 1. The second-order valence-corrected chi connectivity index (χ2v) is 7.20. The average Bonchev–Trinajstić information content (AvgIpc) is 1.96. The molecule has 3 heteroatoms. The van der Waals surface area contributed by atoms with Crippen LogP contribution in [0, 0.1) is 10.8 Å². The molecule has 0 radical (unpaired) electrons. The molecule has 0 fully saturated rings. The van der Waals surface area contributed by atoms with Gasteiger partial charge in [0.05, 0.1) is 6.04 Å². The quantitative estimate of drug-likeness (QED) is 0.369. The summed E-state index contributed by atoms with van der Waals surface area (Å²) in [4.78, 5) is -0.632. The summed E-state index contributed by atoms with van der Waals surface area (Å²) < 4.78 is 0. The van der Waals surface area contributed by atoms with Gasteiger partial charge in [0.25, 0.3) is 0 Å². The molecule has 0 aliphatic rings. The van der Waals surface area contributed by atoms with Crippen molar-refractivity contribution in [3.8, 4) is 0 Å². The largest absolute Gasteiger partial charge is 0.189 e. The van der Waals surface area contributed by atoms with E-state index in [2.05, 4.69) is 58.7 Å². The standard InChI is InChI=1S/C12H25ClN2/c1-9(10(2,3)4)14-15-12(8,13)11(5,6)7/h9H,1-8H3. The van der Waals surface area contributed by atoms with E-state index >= 15 is 0 Å². The van der Waals surface area contributed by atoms with Gasteiger partial charge in [-0.05, 0) is 19.3 Å². The molecule has 0 rings (SSSR count). The van der Waals surface area contributed by atoms with Gasteiger partial charge in [-0.15, -0.1) is 0 Å². The summed E-state index contributed by atoms with van der Waals surface area (Å²) in [5, 5.41) is 8.61. The van der Waals surface area contributed by atoms with Crippen LogP contribution in [0.4, 0.5) is 0 Å². The molecule has 0 aliphatic heterocycles. The van der Waals surface area contributed by atoms with Gasteiger partial charge in [-0.25, -0.2) is 0 Å². The first-order valence-electron chi connectivity index (χ1n) is 5.49. The first kappa shape index (κ1) is 14.9. The fourth-order valence-electron chi connectivity index (χ4n) is 0.518. The summed E-state index contributed by atoms with van der Waals surface area (Å²) in [6.45, 7) is 16.6. The van der Waals surface area contributed by atoms with Gasteiger partial charge < -0.3 is 0 Å². The summed E-state index contributed by atoms with van der Waals surface area (Å²) in [6.07, 6.45) is 0. The van der Waals surface area contributed by atoms with E-state index in [9.17, 15) is 0 Å². The topological polar surface area (TPSA) is 24.7 Å². The number of alkyl halides is 1. The van der Waals surface area contributed by atoms with Crippen LogP contribution in [0.3, 0.4) is 0 Å². The van der Waals surface area contributed by atoms with Gasteiger partial charge in [-0.2, -0.15) is 10.2 Å². The Hall–Kier alpha value is -0.110. The third-order valence-corrected chi connectivity index (χ3v) is 3.68. The lowest BCUT2D eigenvalue weighted by atomic mass is 9.87. The van der Waals surface area contributed by atoms with Crippen molar-refractivity contribution in [2.75, 3.05) is 0 Å². The Morgan fingerprint density at radius 1 is 0.933 bits per heavy atom. The zero-order valence-electron chi connectivity index (χ0n) is 11.3. The zero-order chi connectivity index (χ0) is 12.5. The van der Waals surface area contributed by atoms with Crippen molar-refractivity contribution >= 4 is 11.6 Å². The van der Waals surface area contributed by atoms with Crippen molar-refractivity contribution in [2.45, 2.75) is 66.4 Å². The van der Waals surface area contributed by atoms with E-state index in [1.807, 2.05) is 6.92 Å². The molecule has 0 aromatic rings. The van der Waals surface area contributed by atoms with Crippen molar-refractivity contribution in [1.29, 1.82) is 0 Å². The maximum absolute atomic E-state index is 6.35. The molecule has 0 amide bonds. The molecule has 0 aromatic carbocycles. The van der Waals surface area contributed by atoms with Crippen LogP contribution in [-0.4, -0.2) is 11.0 Å². The molecule has 90 valence electrons. The van der Waals surface area contributed by atoms with Crippen LogP contribution in [0.15, 0.2) is 10.2 Å². The summed E-state index contributed by atoms with van der Waals surface area (Å²) in [6, 6.07) is 0.179. The molecule has 0 bridgehead atoms. The summed E-state index contributed by atoms with van der Waals surface area (Å²) in [7, 11) is 0. The van der Waals surface area contributed by atoms with Crippen molar-refractivity contribution in [3.63, 3.8) is 0 Å². The lowest BCUT2D eigenvalue weighted by Gasteiger charge is -2.32. The smallest absolute Gasteiger partial charge is 0.156 e. The fourth-order valence-corrected chi connectivity index (χ4v) is 0.562. The van der Waals surface area contributed by atoms with Gasteiger partial charge in [-0.1, -0.05) is 53.1 Å². The van der Waals surface area contributed by atoms with Crippen LogP contribution < -0.4 is 0 Å². The Kier molecular flexibility index (Phi) is 4.37. The molecule has 2 atom stereocenters. The van der Waals surface area contributed by atoms with Crippen molar-refractivity contribution in [1.82, 2.24) is 0 Å². The van der Waals surface area contributed by atoms with E-state index in [-0.39, 0.29) is 16.9 Å². The predicted octanol–water partition coefficient (Wildman–Crippen LogP) is 4.87. The third-order valence-electron chi connectivity index (χ3n) is 3.04. The Balaban J connectivity index is 4.68. The van der Waals surface area contributed by atoms with Gasteiger partial charge in [-0.3, -0.25) is 0 Å². The maximum Gasteiger partial charge on any atom is 0.156 e. The average molecular weight is 233 g/mol. The Morgan fingerprint density at radius 3 is 1.60 bits per heavy atom. The first-order valence-corrected chi connectivity index (χ1v) is 5.86. The number of hydrogen-bond acceptors (Lipinski definition) is 2. The fraction of sp³-hybridized carbons (Fsp3) is 1.00. The maximum atomic E-state index is 6.35. The minimum atomic E-state index is -0.632. The van der Waals surface area contributed by atoms with E-state index in [0.29, 0.717) is 0 Å². The summed E-state index contributed by atoms with van der Waals surface area (Å²) in [5.41, 5.74) is 0.0456. The van der Waals surface area contributed by atoms with Gasteiger partial charge in [0, 0.05) is 5.41 Å². The van der Waals surface area contributed by atoms with Crippen LogP contribution in [0.25, 0.3) is 0 Å². The van der Waals surface area contributed by atoms with E-state index < -0.39 is 5.00 Å². The Labute approximate surface area is 99.5 Å². The van der Waals surface area contributed by atoms with Crippen LogP contribution in [0.1, 0.15) is 55.4 Å². The van der Waals surface area contributed by atoms with Gasteiger partial charge in [0.15, 0.2) is 5.00 Å². The minimum absolute atomic E-state index is 0.0876. The number of hydrogen-bond donors (Lipinski definition) is 0. The van der Waals surface area contributed by atoms with Crippen molar-refractivity contribution < 1.29 is 0 Å². The lowest BCUT2D eigenvalue weighted by Crippen LogP contribution is -2.32. The van der Waals surface area contributed by atoms with Gasteiger partial charge >= 0.3 is 0 Å². The number of nitrogens with zero attached hydrogens (tertiary/aromatic N) is 2. The molecule has 0 spiro atoms. The molecule has 0 saturated carbocycles. The van der Waals surface area contributed by atoms with Crippen molar-refractivity contribution in [3.05, 3.63) is 0 Å². The SMILES string of the molecule is CC(N=NC(C)(Cl)C(C)(C)C)C(C)(C)C. The van der Waals surface area contributed by atoms with E-state index in [1.54, 1.807) is 0 Å². The number of rotatable bonds is 2. The van der Waals surface area contributed by atoms with Crippen molar-refractivity contribution in [2.24, 2.45) is 21.1 Å². The predicted molar refractivity (Wildman–Crippen MR) is 67.5 cm³/mol. The van der Waals surface area contributed by atoms with E-state index in [1.165, 1.54) is 0 Å². The Bertz CT molecular complexity index is 231. The highest BCUT2D eigenvalue weighted by atomic mass is 35.5. The molecular formula is C12H25ClN2. The first-order chi connectivity index (χ1) is 6.38. The lowest BCUT2D eigenvalue weighted by molar-refractivity contribution is 0.269. The minimum Gasteiger partial charge on any atom is -0.189 e. The van der Waals surface area contributed by atoms with Crippen LogP contribution in [-0.2, 0) is 0 Å². The molecule has 2 nitrogen and oxygen atoms in total. The van der Waals surface area contributed by atoms with E-state index in [4.69, 9.17) is 11.6 Å². The molecule has 15 heavy (non-hydrogen) atoms. The molecule has 0 heterocycles. The highest BCUT2D eigenvalue weighted by molar-refractivity contribution is 6.23. The molecule has 0 aromatic heterocycles. The monoisotopic (exact) mass is 232 g/mol. The summed E-state index contributed by atoms with van der Waals surface area (Å²) >= 11 is 6.35. The normalized spacial score (nSPS) is 20.3. The second-order valence-electron chi connectivity index (χ2n) is 6.46. The van der Waals surface area contributed by atoms with Gasteiger partial charge in [0.1, 0.15) is 0 Å². The van der Waals surface area contributed by atoms with E-state index in [0.717, 1.165) is 0 Å². The zero-order valence-corrected chi connectivity index (χ0v) is 12.1. The molecular weight excluding hydrogens is 208 g/mol. The van der Waals surface area contributed by atoms with Crippen LogP contribution in [0.5, 0.6) is 0 Å².